The van der Waals surface area contributed by atoms with Crippen LogP contribution in [-0.2, 0) is 5.11 Å². The lowest BCUT2D eigenvalue weighted by Gasteiger charge is -2.12. The summed E-state index contributed by atoms with van der Waals surface area (Å²) < 4.78 is 0. The molecule has 0 spiro atoms. The van der Waals surface area contributed by atoms with Crippen LogP contribution in [-0.4, -0.2) is 0 Å². The first-order valence-electron chi connectivity index (χ1n) is 2.66. The van der Waals surface area contributed by atoms with Crippen LogP contribution in [0, 0.1) is 0 Å². The Labute approximate surface area is 88.2 Å². The van der Waals surface area contributed by atoms with Gasteiger partial charge in [-0.05, 0) is 5.75 Å². The molecule has 1 aromatic carbocycles. The molecule has 1 rings (SSSR count). The second kappa shape index (κ2) is 3.38. The largest absolute Gasteiger partial charge is 0.869 e. The van der Waals surface area contributed by atoms with Crippen molar-refractivity contribution < 1.29 is 10.2 Å². The summed E-state index contributed by atoms with van der Waals surface area (Å²) in [5, 5.41) is 20.6. The third kappa shape index (κ3) is 1.40. The van der Waals surface area contributed by atoms with Crippen molar-refractivity contribution in [3.63, 3.8) is 0 Å². The number of hydrogen-bond acceptors (Lipinski definition) is 1. The van der Waals surface area contributed by atoms with E-state index < -0.39 is 21.5 Å². The minimum atomic E-state index is -0.934. The van der Waals surface area contributed by atoms with Crippen molar-refractivity contribution in [1.29, 1.82) is 0 Å². The average molecular weight is 246 g/mol. The summed E-state index contributed by atoms with van der Waals surface area (Å²) >= 11 is 21.7. The topological polar surface area (TPSA) is 43.0 Å². The SMILES string of the molecule is [O]c1c([O-])c(Cl)c(Cl)c(Cl)c1Cl. The maximum Gasteiger partial charge on any atom is 0.192 e. The molecule has 6 heteroatoms. The summed E-state index contributed by atoms with van der Waals surface area (Å²) in [5.41, 5.74) is 0. The van der Waals surface area contributed by atoms with E-state index in [1.54, 1.807) is 0 Å². The van der Waals surface area contributed by atoms with Gasteiger partial charge < -0.3 is 5.11 Å². The van der Waals surface area contributed by atoms with Crippen molar-refractivity contribution in [3.05, 3.63) is 20.1 Å². The first kappa shape index (κ1) is 10.1. The van der Waals surface area contributed by atoms with E-state index in [1.807, 2.05) is 0 Å². The Morgan fingerprint density at radius 3 is 1.75 bits per heavy atom. The molecule has 0 atom stereocenters. The van der Waals surface area contributed by atoms with E-state index in [4.69, 9.17) is 46.4 Å². The lowest BCUT2D eigenvalue weighted by Crippen LogP contribution is -1.92. The molecular weight excluding hydrogens is 246 g/mol. The molecule has 0 heterocycles. The van der Waals surface area contributed by atoms with Crippen molar-refractivity contribution in [3.8, 4) is 11.5 Å². The van der Waals surface area contributed by atoms with E-state index in [-0.39, 0.29) is 10.0 Å². The molecule has 0 aliphatic rings. The molecule has 0 aliphatic heterocycles. The van der Waals surface area contributed by atoms with Crippen LogP contribution < -0.4 is 5.11 Å². The Morgan fingerprint density at radius 2 is 1.25 bits per heavy atom. The van der Waals surface area contributed by atoms with Crippen LogP contribution in [0.2, 0.25) is 20.1 Å². The zero-order chi connectivity index (χ0) is 9.46. The predicted octanol–water partition coefficient (Wildman–Crippen LogP) is 3.52. The van der Waals surface area contributed by atoms with Crippen LogP contribution in [0.1, 0.15) is 0 Å². The zero-order valence-electron chi connectivity index (χ0n) is 5.33. The fourth-order valence-corrected chi connectivity index (χ4v) is 1.41. The minimum Gasteiger partial charge on any atom is -0.869 e. The van der Waals surface area contributed by atoms with Crippen molar-refractivity contribution >= 4 is 46.4 Å². The molecule has 0 fully saturated rings. The highest BCUT2D eigenvalue weighted by Gasteiger charge is 2.15. The first-order chi connectivity index (χ1) is 5.46. The Balaban J connectivity index is 3.60. The summed E-state index contributed by atoms with van der Waals surface area (Å²) in [5.74, 6) is -1.87. The molecule has 0 bridgehead atoms. The van der Waals surface area contributed by atoms with Gasteiger partial charge in [-0.25, -0.2) is 0 Å². The van der Waals surface area contributed by atoms with Crippen molar-refractivity contribution in [2.24, 2.45) is 0 Å². The van der Waals surface area contributed by atoms with E-state index in [9.17, 15) is 10.2 Å². The smallest absolute Gasteiger partial charge is 0.192 e. The third-order valence-corrected chi connectivity index (χ3v) is 2.95. The van der Waals surface area contributed by atoms with Crippen LogP contribution >= 0.6 is 46.4 Å². The second-order valence-electron chi connectivity index (χ2n) is 1.91. The number of benzene rings is 1. The van der Waals surface area contributed by atoms with E-state index in [1.165, 1.54) is 0 Å². The van der Waals surface area contributed by atoms with E-state index >= 15 is 0 Å². The van der Waals surface area contributed by atoms with Crippen LogP contribution in [0.5, 0.6) is 11.5 Å². The van der Waals surface area contributed by atoms with Crippen LogP contribution in [0.3, 0.4) is 0 Å². The number of hydrogen-bond donors (Lipinski definition) is 0. The maximum atomic E-state index is 10.9. The van der Waals surface area contributed by atoms with E-state index in [0.717, 1.165) is 0 Å². The average Bonchev–Trinajstić information content (AvgIpc) is 2.08. The van der Waals surface area contributed by atoms with Gasteiger partial charge in [0.1, 0.15) is 5.02 Å². The first-order valence-corrected chi connectivity index (χ1v) is 4.18. The summed E-state index contributed by atoms with van der Waals surface area (Å²) in [7, 11) is 0. The highest BCUT2D eigenvalue weighted by Crippen LogP contribution is 2.47. The highest BCUT2D eigenvalue weighted by molar-refractivity contribution is 6.52. The van der Waals surface area contributed by atoms with Crippen molar-refractivity contribution in [1.82, 2.24) is 0 Å². The van der Waals surface area contributed by atoms with Gasteiger partial charge in [0.25, 0.3) is 0 Å². The molecular formula is C6Cl4O2-. The molecule has 0 aromatic heterocycles. The molecule has 1 radical (unpaired) electrons. The molecule has 1 aromatic rings. The van der Waals surface area contributed by atoms with Gasteiger partial charge in [-0.2, -0.15) is 0 Å². The summed E-state index contributed by atoms with van der Waals surface area (Å²) in [4.78, 5) is 0. The summed E-state index contributed by atoms with van der Waals surface area (Å²) in [6, 6.07) is 0. The van der Waals surface area contributed by atoms with Crippen molar-refractivity contribution in [2.75, 3.05) is 0 Å². The Bertz CT molecular complexity index is 232. The van der Waals surface area contributed by atoms with Gasteiger partial charge in [0.05, 0.1) is 15.1 Å². The summed E-state index contributed by atoms with van der Waals surface area (Å²) in [6.07, 6.45) is 0. The second-order valence-corrected chi connectivity index (χ2v) is 3.43. The quantitative estimate of drug-likeness (QED) is 0.510. The minimum absolute atomic E-state index is 0.187. The summed E-state index contributed by atoms with van der Waals surface area (Å²) in [6.45, 7) is 0. The van der Waals surface area contributed by atoms with Gasteiger partial charge in [-0.3, -0.25) is 5.11 Å². The van der Waals surface area contributed by atoms with Crippen molar-refractivity contribution in [2.45, 2.75) is 0 Å². The standard InChI is InChI=1S/C6HCl4O2/c7-1-2(8)4(10)6(12)5(11)3(1)9/h11H/p-1. The maximum absolute atomic E-state index is 10.9. The van der Waals surface area contributed by atoms with E-state index in [0.29, 0.717) is 0 Å². The molecule has 0 unspecified atom stereocenters. The molecule has 12 heavy (non-hydrogen) atoms. The van der Waals surface area contributed by atoms with Gasteiger partial charge in [0.2, 0.25) is 0 Å². The fourth-order valence-electron chi connectivity index (χ4n) is 0.591. The van der Waals surface area contributed by atoms with Gasteiger partial charge in [-0.1, -0.05) is 46.4 Å². The Kier molecular flexibility index (Phi) is 2.84. The number of halogens is 4. The van der Waals surface area contributed by atoms with Crippen LogP contribution in [0.4, 0.5) is 0 Å². The molecule has 0 saturated carbocycles. The van der Waals surface area contributed by atoms with Gasteiger partial charge in [-0.15, -0.1) is 0 Å². The Morgan fingerprint density at radius 1 is 0.833 bits per heavy atom. The third-order valence-electron chi connectivity index (χ3n) is 1.18. The van der Waals surface area contributed by atoms with Crippen LogP contribution in [0.25, 0.3) is 0 Å². The molecule has 0 aliphatic carbocycles. The molecule has 0 amide bonds. The van der Waals surface area contributed by atoms with Crippen LogP contribution in [0.15, 0.2) is 0 Å². The van der Waals surface area contributed by atoms with Gasteiger partial charge in [0, 0.05) is 0 Å². The highest BCUT2D eigenvalue weighted by atomic mass is 35.5. The van der Waals surface area contributed by atoms with Gasteiger partial charge >= 0.3 is 0 Å². The monoisotopic (exact) mass is 244 g/mol. The number of rotatable bonds is 0. The lowest BCUT2D eigenvalue weighted by atomic mass is 10.3. The zero-order valence-corrected chi connectivity index (χ0v) is 8.35. The molecule has 2 nitrogen and oxygen atoms in total. The predicted molar refractivity (Wildman–Crippen MR) is 46.1 cm³/mol. The lowest BCUT2D eigenvalue weighted by molar-refractivity contribution is -0.270. The Hall–Kier alpha value is -0.0200. The normalized spacial score (nSPS) is 10.3. The fraction of sp³-hybridized carbons (Fsp3) is 0. The van der Waals surface area contributed by atoms with Gasteiger partial charge in [0.15, 0.2) is 5.75 Å². The molecule has 0 saturated heterocycles. The van der Waals surface area contributed by atoms with E-state index in [2.05, 4.69) is 0 Å². The molecule has 0 N–H and O–H groups in total. The molecule has 65 valence electrons.